The molecule has 3 rings (SSSR count). The van der Waals surface area contributed by atoms with E-state index in [4.69, 9.17) is 10.5 Å². The molecule has 1 heterocycles. The average Bonchev–Trinajstić information content (AvgIpc) is 2.64. The van der Waals surface area contributed by atoms with Crippen molar-refractivity contribution in [3.63, 3.8) is 0 Å². The number of amides is 1. The molecule has 1 amide bonds. The molecule has 0 fully saturated rings. The summed E-state index contributed by atoms with van der Waals surface area (Å²) in [5, 5.41) is 0. The zero-order valence-electron chi connectivity index (χ0n) is 14.7. The normalized spacial score (nSPS) is 10.7. The second-order valence-electron chi connectivity index (χ2n) is 6.07. The van der Waals surface area contributed by atoms with Gasteiger partial charge in [-0.25, -0.2) is 8.78 Å². The molecule has 0 aliphatic heterocycles. The molecule has 3 N–H and O–H groups in total. The van der Waals surface area contributed by atoms with Crippen LogP contribution in [0.15, 0.2) is 51.7 Å². The zero-order valence-corrected chi connectivity index (χ0v) is 16.3. The highest BCUT2D eigenvalue weighted by molar-refractivity contribution is 9.10. The number of primary amides is 1. The van der Waals surface area contributed by atoms with Gasteiger partial charge in [-0.3, -0.25) is 9.59 Å². The van der Waals surface area contributed by atoms with Crippen molar-refractivity contribution < 1.29 is 18.3 Å². The van der Waals surface area contributed by atoms with Gasteiger partial charge in [0.15, 0.2) is 0 Å². The van der Waals surface area contributed by atoms with Crippen LogP contribution in [-0.4, -0.2) is 10.9 Å². The van der Waals surface area contributed by atoms with Gasteiger partial charge in [-0.05, 0) is 52.7 Å². The molecule has 0 atom stereocenters. The van der Waals surface area contributed by atoms with Gasteiger partial charge in [-0.15, -0.1) is 0 Å². The van der Waals surface area contributed by atoms with Gasteiger partial charge in [0.1, 0.15) is 28.5 Å². The first-order chi connectivity index (χ1) is 13.3. The van der Waals surface area contributed by atoms with E-state index in [0.29, 0.717) is 16.8 Å². The van der Waals surface area contributed by atoms with Crippen LogP contribution in [0.5, 0.6) is 5.75 Å². The maximum Gasteiger partial charge on any atom is 0.266 e. The van der Waals surface area contributed by atoms with Gasteiger partial charge in [0.2, 0.25) is 5.91 Å². The molecule has 5 nitrogen and oxygen atoms in total. The molecule has 0 saturated heterocycles. The Morgan fingerprint density at radius 1 is 1.21 bits per heavy atom. The smallest absolute Gasteiger partial charge is 0.266 e. The maximum absolute atomic E-state index is 13.9. The molecule has 0 spiro atoms. The quantitative estimate of drug-likeness (QED) is 0.616. The van der Waals surface area contributed by atoms with Crippen LogP contribution in [0.4, 0.5) is 8.78 Å². The number of carbonyl (C=O) groups is 1. The lowest BCUT2D eigenvalue weighted by atomic mass is 10.0. The number of H-pyrrole nitrogens is 1. The van der Waals surface area contributed by atoms with Crippen LogP contribution >= 0.6 is 15.9 Å². The number of carbonyl (C=O) groups excluding carboxylic acids is 1. The third kappa shape index (κ3) is 3.96. The van der Waals surface area contributed by atoms with Gasteiger partial charge in [0, 0.05) is 28.5 Å². The van der Waals surface area contributed by atoms with Crippen molar-refractivity contribution in [1.82, 2.24) is 4.98 Å². The monoisotopic (exact) mass is 448 g/mol. The van der Waals surface area contributed by atoms with Crippen LogP contribution in [0.3, 0.4) is 0 Å². The van der Waals surface area contributed by atoms with Crippen LogP contribution in [0, 0.1) is 18.6 Å². The fourth-order valence-corrected chi connectivity index (χ4v) is 3.18. The van der Waals surface area contributed by atoms with Crippen molar-refractivity contribution in [2.75, 3.05) is 0 Å². The van der Waals surface area contributed by atoms with Crippen molar-refractivity contribution in [1.29, 1.82) is 0 Å². The van der Waals surface area contributed by atoms with Gasteiger partial charge in [-0.2, -0.15) is 0 Å². The molecule has 0 aliphatic rings. The number of nitrogens with one attached hydrogen (secondary N) is 1. The van der Waals surface area contributed by atoms with Gasteiger partial charge in [-0.1, -0.05) is 12.1 Å². The summed E-state index contributed by atoms with van der Waals surface area (Å²) in [4.78, 5) is 26.4. The number of ether oxygens (including phenoxy) is 1. The SMILES string of the molecule is Cc1[nH]c(=O)c(Br)c(OCc2ccc(F)cc2F)c1-c1cccc(C(N)=O)c1. The second kappa shape index (κ2) is 7.93. The maximum atomic E-state index is 13.9. The summed E-state index contributed by atoms with van der Waals surface area (Å²) in [6, 6.07) is 9.66. The summed E-state index contributed by atoms with van der Waals surface area (Å²) in [5.74, 6) is -1.88. The third-order valence-corrected chi connectivity index (χ3v) is 4.84. The van der Waals surface area contributed by atoms with E-state index in [1.165, 1.54) is 6.07 Å². The highest BCUT2D eigenvalue weighted by Gasteiger charge is 2.19. The van der Waals surface area contributed by atoms with Crippen molar-refractivity contribution in [3.8, 4) is 16.9 Å². The number of hydrogen-bond acceptors (Lipinski definition) is 3. The number of rotatable bonds is 5. The number of pyridine rings is 1. The summed E-state index contributed by atoms with van der Waals surface area (Å²) in [7, 11) is 0. The number of halogens is 3. The number of nitrogens with two attached hydrogens (primary N) is 1. The Balaban J connectivity index is 2.08. The Hall–Kier alpha value is -3.00. The van der Waals surface area contributed by atoms with Gasteiger partial charge in [0.25, 0.3) is 5.56 Å². The summed E-state index contributed by atoms with van der Waals surface area (Å²) in [6.45, 7) is 1.45. The summed E-state index contributed by atoms with van der Waals surface area (Å²) in [6.07, 6.45) is 0. The predicted molar refractivity (Wildman–Crippen MR) is 104 cm³/mol. The third-order valence-electron chi connectivity index (χ3n) is 4.12. The Morgan fingerprint density at radius 2 is 1.96 bits per heavy atom. The first-order valence-electron chi connectivity index (χ1n) is 8.17. The Morgan fingerprint density at radius 3 is 2.64 bits per heavy atom. The Labute approximate surface area is 167 Å². The molecule has 3 aromatic rings. The number of aromatic nitrogens is 1. The van der Waals surface area contributed by atoms with E-state index in [-0.39, 0.29) is 28.0 Å². The molecule has 144 valence electrons. The first-order valence-corrected chi connectivity index (χ1v) is 8.96. The molecule has 2 aromatic carbocycles. The number of benzene rings is 2. The average molecular weight is 449 g/mol. The lowest BCUT2D eigenvalue weighted by molar-refractivity contribution is 0.100. The predicted octanol–water partition coefficient (Wildman–Crippen LogP) is 4.07. The van der Waals surface area contributed by atoms with Crippen LogP contribution < -0.4 is 16.0 Å². The molecule has 28 heavy (non-hydrogen) atoms. The minimum absolute atomic E-state index is 0.111. The Kier molecular flexibility index (Phi) is 5.60. The van der Waals surface area contributed by atoms with Gasteiger partial charge < -0.3 is 15.5 Å². The lowest BCUT2D eigenvalue weighted by Crippen LogP contribution is -2.14. The van der Waals surface area contributed by atoms with E-state index in [9.17, 15) is 18.4 Å². The minimum Gasteiger partial charge on any atom is -0.487 e. The highest BCUT2D eigenvalue weighted by atomic mass is 79.9. The van der Waals surface area contributed by atoms with E-state index in [1.807, 2.05) is 0 Å². The van der Waals surface area contributed by atoms with E-state index in [1.54, 1.807) is 31.2 Å². The van der Waals surface area contributed by atoms with Crippen LogP contribution in [0.1, 0.15) is 21.6 Å². The van der Waals surface area contributed by atoms with Gasteiger partial charge >= 0.3 is 0 Å². The fourth-order valence-electron chi connectivity index (χ4n) is 2.77. The van der Waals surface area contributed by atoms with Gasteiger partial charge in [0.05, 0.1) is 0 Å². The van der Waals surface area contributed by atoms with Crippen molar-refractivity contribution in [3.05, 3.63) is 85.7 Å². The second-order valence-corrected chi connectivity index (χ2v) is 6.86. The first kappa shape index (κ1) is 19.8. The summed E-state index contributed by atoms with van der Waals surface area (Å²) < 4.78 is 32.9. The Bertz CT molecular complexity index is 1130. The summed E-state index contributed by atoms with van der Waals surface area (Å²) >= 11 is 3.20. The zero-order chi connectivity index (χ0) is 20.4. The fraction of sp³-hybridized carbons (Fsp3) is 0.100. The summed E-state index contributed by atoms with van der Waals surface area (Å²) in [5.41, 5.74) is 6.92. The molecule has 8 heteroatoms. The van der Waals surface area contributed by atoms with E-state index in [2.05, 4.69) is 20.9 Å². The molecule has 0 saturated carbocycles. The molecular formula is C20H15BrF2N2O3. The van der Waals surface area contributed by atoms with E-state index >= 15 is 0 Å². The standard InChI is InChI=1S/C20H15BrF2N2O3/c1-10-16(11-3-2-4-12(7-11)19(24)26)18(17(21)20(27)25-10)28-9-13-5-6-14(22)8-15(13)23/h2-8H,9H2,1H3,(H2,24,26)(H,25,27). The molecule has 0 aliphatic carbocycles. The van der Waals surface area contributed by atoms with Crippen LogP contribution in [0.2, 0.25) is 0 Å². The van der Waals surface area contributed by atoms with Crippen LogP contribution in [0.25, 0.3) is 11.1 Å². The molecular weight excluding hydrogens is 434 g/mol. The molecule has 0 unspecified atom stereocenters. The number of aromatic amines is 1. The van der Waals surface area contributed by atoms with Crippen molar-refractivity contribution in [2.24, 2.45) is 5.73 Å². The highest BCUT2D eigenvalue weighted by Crippen LogP contribution is 2.37. The van der Waals surface area contributed by atoms with Crippen LogP contribution in [-0.2, 0) is 6.61 Å². The molecule has 0 radical (unpaired) electrons. The van der Waals surface area contributed by atoms with E-state index in [0.717, 1.165) is 12.1 Å². The van der Waals surface area contributed by atoms with Crippen molar-refractivity contribution in [2.45, 2.75) is 13.5 Å². The minimum atomic E-state index is -0.755. The largest absolute Gasteiger partial charge is 0.487 e. The lowest BCUT2D eigenvalue weighted by Gasteiger charge is -2.16. The van der Waals surface area contributed by atoms with E-state index < -0.39 is 23.1 Å². The number of aryl methyl sites for hydroxylation is 1. The van der Waals surface area contributed by atoms with Crippen molar-refractivity contribution >= 4 is 21.8 Å². The topological polar surface area (TPSA) is 85.2 Å². The molecule has 1 aromatic heterocycles. The number of hydrogen-bond donors (Lipinski definition) is 2. The molecule has 0 bridgehead atoms.